The van der Waals surface area contributed by atoms with E-state index < -0.39 is 0 Å². The molecule has 0 aliphatic rings. The van der Waals surface area contributed by atoms with Gasteiger partial charge in [0.05, 0.1) is 23.0 Å². The number of rotatable bonds is 3. The molecule has 2 rings (SSSR count). The monoisotopic (exact) mass is 250 g/mol. The minimum atomic E-state index is -0.305. The Morgan fingerprint density at radius 3 is 2.71 bits per heavy atom. The van der Waals surface area contributed by atoms with Gasteiger partial charge in [0, 0.05) is 18.4 Å². The molecule has 0 amide bonds. The van der Waals surface area contributed by atoms with Crippen molar-refractivity contribution in [3.8, 4) is 0 Å². The molecule has 4 nitrogen and oxygen atoms in total. The number of nitrogens with two attached hydrogens (primary N) is 1. The highest BCUT2D eigenvalue weighted by Crippen LogP contribution is 2.27. The van der Waals surface area contributed by atoms with Crippen molar-refractivity contribution in [2.45, 2.75) is 25.9 Å². The summed E-state index contributed by atoms with van der Waals surface area (Å²) in [7, 11) is 0. The minimum Gasteiger partial charge on any atom is -0.319 e. The summed E-state index contributed by atoms with van der Waals surface area (Å²) in [4.78, 5) is 4.07. The van der Waals surface area contributed by atoms with Crippen molar-refractivity contribution in [3.05, 3.63) is 47.0 Å². The Balaban J connectivity index is 2.43. The van der Waals surface area contributed by atoms with Crippen molar-refractivity contribution in [3.63, 3.8) is 0 Å². The van der Waals surface area contributed by atoms with Crippen LogP contribution in [0.1, 0.15) is 37.2 Å². The van der Waals surface area contributed by atoms with Crippen LogP contribution in [0.2, 0.25) is 5.02 Å². The lowest BCUT2D eigenvalue weighted by atomic mass is 10.1. The lowest BCUT2D eigenvalue weighted by Crippen LogP contribution is -2.19. The number of aromatic nitrogens is 3. The average Bonchev–Trinajstić information content (AvgIpc) is 2.71. The van der Waals surface area contributed by atoms with Gasteiger partial charge in [-0.25, -0.2) is 0 Å². The quantitative estimate of drug-likeness (QED) is 0.911. The molecule has 5 heteroatoms. The van der Waals surface area contributed by atoms with E-state index >= 15 is 0 Å². The lowest BCUT2D eigenvalue weighted by molar-refractivity contribution is 0.499. The van der Waals surface area contributed by atoms with Crippen LogP contribution in [-0.2, 0) is 0 Å². The van der Waals surface area contributed by atoms with Crippen LogP contribution in [0.4, 0.5) is 0 Å². The highest BCUT2D eigenvalue weighted by molar-refractivity contribution is 6.31. The summed E-state index contributed by atoms with van der Waals surface area (Å²) in [6.07, 6.45) is 5.10. The van der Waals surface area contributed by atoms with E-state index in [9.17, 15) is 0 Å². The van der Waals surface area contributed by atoms with Crippen LogP contribution in [0.25, 0.3) is 0 Å². The second-order valence-corrected chi connectivity index (χ2v) is 4.59. The molecule has 1 unspecified atom stereocenters. The smallest absolute Gasteiger partial charge is 0.0837 e. The molecule has 0 spiro atoms. The number of pyridine rings is 1. The van der Waals surface area contributed by atoms with Crippen LogP contribution in [0, 0.1) is 0 Å². The molecule has 2 aromatic rings. The first-order chi connectivity index (χ1) is 8.11. The zero-order valence-corrected chi connectivity index (χ0v) is 10.6. The fourth-order valence-electron chi connectivity index (χ4n) is 1.77. The maximum atomic E-state index is 6.21. The second kappa shape index (κ2) is 4.85. The Morgan fingerprint density at radius 1 is 1.35 bits per heavy atom. The van der Waals surface area contributed by atoms with Crippen LogP contribution in [-0.4, -0.2) is 14.8 Å². The summed E-state index contributed by atoms with van der Waals surface area (Å²) >= 11 is 6.15. The molecule has 0 fully saturated rings. The first-order valence-corrected chi connectivity index (χ1v) is 5.87. The van der Waals surface area contributed by atoms with Crippen LogP contribution in [0.5, 0.6) is 0 Å². The molecular weight excluding hydrogens is 236 g/mol. The summed E-state index contributed by atoms with van der Waals surface area (Å²) < 4.78 is 1.85. The molecule has 0 aliphatic heterocycles. The van der Waals surface area contributed by atoms with Gasteiger partial charge < -0.3 is 5.73 Å². The van der Waals surface area contributed by atoms with Crippen molar-refractivity contribution in [2.24, 2.45) is 5.73 Å². The van der Waals surface area contributed by atoms with Crippen molar-refractivity contribution in [1.82, 2.24) is 14.8 Å². The van der Waals surface area contributed by atoms with E-state index in [1.165, 1.54) is 0 Å². The summed E-state index contributed by atoms with van der Waals surface area (Å²) in [5.41, 5.74) is 7.97. The number of hydrogen-bond donors (Lipinski definition) is 1. The Labute approximate surface area is 105 Å². The van der Waals surface area contributed by atoms with Crippen molar-refractivity contribution in [1.29, 1.82) is 0 Å². The normalized spacial score (nSPS) is 13.0. The van der Waals surface area contributed by atoms with E-state index in [-0.39, 0.29) is 12.1 Å². The molecule has 0 saturated heterocycles. The summed E-state index contributed by atoms with van der Waals surface area (Å²) in [5.74, 6) is 0. The van der Waals surface area contributed by atoms with Gasteiger partial charge in [0.2, 0.25) is 0 Å². The van der Waals surface area contributed by atoms with Gasteiger partial charge in [-0.1, -0.05) is 17.7 Å². The Hall–Kier alpha value is -1.39. The summed E-state index contributed by atoms with van der Waals surface area (Å²) in [5, 5.41) is 4.84. The summed E-state index contributed by atoms with van der Waals surface area (Å²) in [6, 6.07) is 3.71. The third kappa shape index (κ3) is 2.33. The Bertz CT molecular complexity index is 492. The van der Waals surface area contributed by atoms with Crippen molar-refractivity contribution >= 4 is 11.6 Å². The molecule has 90 valence electrons. The van der Waals surface area contributed by atoms with Gasteiger partial charge in [-0.2, -0.15) is 5.10 Å². The predicted octanol–water partition coefficient (Wildman–Crippen LogP) is 2.56. The van der Waals surface area contributed by atoms with Crippen LogP contribution < -0.4 is 5.73 Å². The van der Waals surface area contributed by atoms with Crippen LogP contribution >= 0.6 is 11.6 Å². The molecule has 1 atom stereocenters. The molecule has 2 heterocycles. The highest BCUT2D eigenvalue weighted by atomic mass is 35.5. The maximum absolute atomic E-state index is 6.21. The van der Waals surface area contributed by atoms with E-state index in [0.29, 0.717) is 5.02 Å². The first kappa shape index (κ1) is 12.1. The second-order valence-electron chi connectivity index (χ2n) is 4.18. The molecule has 0 saturated carbocycles. The van der Waals surface area contributed by atoms with E-state index in [1.54, 1.807) is 18.6 Å². The van der Waals surface area contributed by atoms with Crippen LogP contribution in [0.3, 0.4) is 0 Å². The van der Waals surface area contributed by atoms with E-state index in [1.807, 2.05) is 30.7 Å². The van der Waals surface area contributed by atoms with Crippen molar-refractivity contribution < 1.29 is 0 Å². The molecular formula is C12H15ClN4. The molecule has 0 radical (unpaired) electrons. The lowest BCUT2D eigenvalue weighted by Gasteiger charge is -2.17. The number of hydrogen-bond acceptors (Lipinski definition) is 3. The maximum Gasteiger partial charge on any atom is 0.0837 e. The van der Waals surface area contributed by atoms with Gasteiger partial charge in [-0.05, 0) is 25.5 Å². The third-order valence-corrected chi connectivity index (χ3v) is 2.91. The molecule has 17 heavy (non-hydrogen) atoms. The highest BCUT2D eigenvalue weighted by Gasteiger charge is 2.19. The fourth-order valence-corrected chi connectivity index (χ4v) is 2.02. The average molecular weight is 251 g/mol. The predicted molar refractivity (Wildman–Crippen MR) is 67.9 cm³/mol. The minimum absolute atomic E-state index is 0.222. The fraction of sp³-hybridized carbons (Fsp3) is 0.333. The molecule has 0 aliphatic carbocycles. The zero-order valence-electron chi connectivity index (χ0n) is 9.84. The Kier molecular flexibility index (Phi) is 3.45. The molecule has 0 bridgehead atoms. The van der Waals surface area contributed by atoms with Gasteiger partial charge >= 0.3 is 0 Å². The van der Waals surface area contributed by atoms with Gasteiger partial charge in [0.1, 0.15) is 0 Å². The number of halogens is 1. The van der Waals surface area contributed by atoms with E-state index in [0.717, 1.165) is 11.3 Å². The standard InChI is InChI=1S/C12H15ClN4/c1-8(2)17-12(10(13)7-16-17)11(14)9-4-3-5-15-6-9/h3-8,11H,14H2,1-2H3. The van der Waals surface area contributed by atoms with Crippen molar-refractivity contribution in [2.75, 3.05) is 0 Å². The van der Waals surface area contributed by atoms with Gasteiger partial charge in [0.15, 0.2) is 0 Å². The largest absolute Gasteiger partial charge is 0.319 e. The third-order valence-electron chi connectivity index (χ3n) is 2.61. The molecule has 2 aromatic heterocycles. The zero-order chi connectivity index (χ0) is 12.4. The van der Waals surface area contributed by atoms with E-state index in [4.69, 9.17) is 17.3 Å². The number of nitrogens with zero attached hydrogens (tertiary/aromatic N) is 3. The van der Waals surface area contributed by atoms with Gasteiger partial charge in [-0.15, -0.1) is 0 Å². The SMILES string of the molecule is CC(C)n1ncc(Cl)c1C(N)c1cccnc1. The topological polar surface area (TPSA) is 56.7 Å². The van der Waals surface area contributed by atoms with Gasteiger partial charge in [0.25, 0.3) is 0 Å². The van der Waals surface area contributed by atoms with Gasteiger partial charge in [-0.3, -0.25) is 9.67 Å². The molecule has 2 N–H and O–H groups in total. The van der Waals surface area contributed by atoms with E-state index in [2.05, 4.69) is 10.1 Å². The van der Waals surface area contributed by atoms with Crippen LogP contribution in [0.15, 0.2) is 30.7 Å². The Morgan fingerprint density at radius 2 is 2.12 bits per heavy atom. The summed E-state index contributed by atoms with van der Waals surface area (Å²) in [6.45, 7) is 4.09. The molecule has 0 aromatic carbocycles. The first-order valence-electron chi connectivity index (χ1n) is 5.49.